The zero-order valence-corrected chi connectivity index (χ0v) is 15.3. The van der Waals surface area contributed by atoms with Gasteiger partial charge in [-0.2, -0.15) is 0 Å². The largest absolute Gasteiger partial charge is 0.459 e. The summed E-state index contributed by atoms with van der Waals surface area (Å²) >= 11 is 0. The topological polar surface area (TPSA) is 88.1 Å². The normalized spacial score (nSPS) is 21.0. The molecule has 0 aromatic heterocycles. The van der Waals surface area contributed by atoms with Crippen LogP contribution in [0.1, 0.15) is 34.1 Å². The summed E-state index contributed by atoms with van der Waals surface area (Å²) in [6.45, 7) is 1.19. The summed E-state index contributed by atoms with van der Waals surface area (Å²) in [7, 11) is 0. The molecule has 28 heavy (non-hydrogen) atoms. The van der Waals surface area contributed by atoms with Crippen molar-refractivity contribution in [3.8, 4) is 0 Å². The third-order valence-corrected chi connectivity index (χ3v) is 4.09. The first-order valence-electron chi connectivity index (χ1n) is 8.84. The average Bonchev–Trinajstić information content (AvgIpc) is 3.08. The van der Waals surface area contributed by atoms with Crippen LogP contribution in [0.2, 0.25) is 0 Å². The van der Waals surface area contributed by atoms with Crippen LogP contribution in [0.25, 0.3) is 0 Å². The van der Waals surface area contributed by atoms with Gasteiger partial charge in [0.05, 0.1) is 17.2 Å². The number of carbonyl (C=O) groups excluding carboxylic acids is 3. The quantitative estimate of drug-likeness (QED) is 0.559. The summed E-state index contributed by atoms with van der Waals surface area (Å²) in [5, 5.41) is 0. The summed E-state index contributed by atoms with van der Waals surface area (Å²) in [6, 6.07) is 17.0. The van der Waals surface area contributed by atoms with E-state index in [0.29, 0.717) is 11.1 Å². The number of hydrogen-bond acceptors (Lipinski definition) is 7. The first kappa shape index (κ1) is 19.6. The Balaban J connectivity index is 1.59. The van der Waals surface area contributed by atoms with E-state index in [2.05, 4.69) is 0 Å². The van der Waals surface area contributed by atoms with Crippen molar-refractivity contribution >= 4 is 17.9 Å². The lowest BCUT2D eigenvalue weighted by Gasteiger charge is -2.18. The molecule has 146 valence electrons. The van der Waals surface area contributed by atoms with Gasteiger partial charge in [0.25, 0.3) is 0 Å². The Morgan fingerprint density at radius 2 is 1.46 bits per heavy atom. The van der Waals surface area contributed by atoms with E-state index in [1.165, 1.54) is 6.92 Å². The second kappa shape index (κ2) is 9.14. The van der Waals surface area contributed by atoms with Gasteiger partial charge in [0, 0.05) is 13.3 Å². The highest BCUT2D eigenvalue weighted by Gasteiger charge is 2.41. The lowest BCUT2D eigenvalue weighted by molar-refractivity contribution is -0.187. The summed E-state index contributed by atoms with van der Waals surface area (Å²) in [5.74, 6) is -1.60. The van der Waals surface area contributed by atoms with E-state index >= 15 is 0 Å². The van der Waals surface area contributed by atoms with Crippen molar-refractivity contribution < 1.29 is 33.3 Å². The molecule has 0 N–H and O–H groups in total. The smallest absolute Gasteiger partial charge is 0.338 e. The fourth-order valence-electron chi connectivity index (χ4n) is 2.79. The number of hydrogen-bond donors (Lipinski definition) is 0. The zero-order valence-electron chi connectivity index (χ0n) is 15.3. The van der Waals surface area contributed by atoms with E-state index < -0.39 is 36.4 Å². The second-order valence-electron chi connectivity index (χ2n) is 6.25. The SMILES string of the molecule is CC(=O)O[C@H]1O[C@H](COC(=O)c2ccccc2)C[C@H]1OC(=O)c1ccccc1. The van der Waals surface area contributed by atoms with Crippen LogP contribution < -0.4 is 0 Å². The molecular formula is C21H20O7. The number of esters is 3. The van der Waals surface area contributed by atoms with Crippen molar-refractivity contribution in [1.29, 1.82) is 0 Å². The lowest BCUT2D eigenvalue weighted by atomic mass is 10.2. The highest BCUT2D eigenvalue weighted by atomic mass is 16.7. The monoisotopic (exact) mass is 384 g/mol. The van der Waals surface area contributed by atoms with Crippen molar-refractivity contribution in [1.82, 2.24) is 0 Å². The fourth-order valence-corrected chi connectivity index (χ4v) is 2.79. The predicted octanol–water partition coefficient (Wildman–Crippen LogP) is 2.75. The van der Waals surface area contributed by atoms with Crippen LogP contribution in [0.5, 0.6) is 0 Å². The molecule has 1 aliphatic rings. The van der Waals surface area contributed by atoms with Crippen LogP contribution in [0.15, 0.2) is 60.7 Å². The minimum atomic E-state index is -1.05. The fraction of sp³-hybridized carbons (Fsp3) is 0.286. The number of rotatable bonds is 6. The lowest BCUT2D eigenvalue weighted by Crippen LogP contribution is -2.31. The van der Waals surface area contributed by atoms with Gasteiger partial charge < -0.3 is 18.9 Å². The third-order valence-electron chi connectivity index (χ3n) is 4.09. The molecule has 2 aromatic carbocycles. The molecule has 7 nitrogen and oxygen atoms in total. The molecule has 0 radical (unpaired) electrons. The van der Waals surface area contributed by atoms with Crippen molar-refractivity contribution in [3.05, 3.63) is 71.8 Å². The van der Waals surface area contributed by atoms with Crippen LogP contribution in [-0.4, -0.2) is 43.0 Å². The van der Waals surface area contributed by atoms with Crippen LogP contribution in [0.4, 0.5) is 0 Å². The van der Waals surface area contributed by atoms with Gasteiger partial charge in [-0.05, 0) is 24.3 Å². The molecule has 3 atom stereocenters. The maximum absolute atomic E-state index is 12.3. The molecule has 2 aromatic rings. The molecule has 1 saturated heterocycles. The van der Waals surface area contributed by atoms with E-state index in [4.69, 9.17) is 18.9 Å². The minimum absolute atomic E-state index is 0.0507. The molecule has 0 unspecified atom stereocenters. The van der Waals surface area contributed by atoms with Crippen molar-refractivity contribution in [2.24, 2.45) is 0 Å². The molecular weight excluding hydrogens is 364 g/mol. The Morgan fingerprint density at radius 3 is 2.04 bits per heavy atom. The van der Waals surface area contributed by atoms with Gasteiger partial charge in [0.15, 0.2) is 6.10 Å². The van der Waals surface area contributed by atoms with E-state index in [1.807, 2.05) is 0 Å². The predicted molar refractivity (Wildman–Crippen MR) is 97.4 cm³/mol. The Morgan fingerprint density at radius 1 is 0.893 bits per heavy atom. The molecule has 0 amide bonds. The molecule has 1 fully saturated rings. The maximum atomic E-state index is 12.3. The Labute approximate surface area is 162 Å². The summed E-state index contributed by atoms with van der Waals surface area (Å²) in [5.41, 5.74) is 0.798. The van der Waals surface area contributed by atoms with E-state index in [-0.39, 0.29) is 13.0 Å². The third kappa shape index (κ3) is 5.17. The maximum Gasteiger partial charge on any atom is 0.338 e. The molecule has 1 aliphatic heterocycles. The zero-order chi connectivity index (χ0) is 19.9. The summed E-state index contributed by atoms with van der Waals surface area (Å²) in [4.78, 5) is 35.7. The first-order valence-corrected chi connectivity index (χ1v) is 8.84. The van der Waals surface area contributed by atoms with Gasteiger partial charge in [-0.25, -0.2) is 9.59 Å². The summed E-state index contributed by atoms with van der Waals surface area (Å²) < 4.78 is 21.4. The van der Waals surface area contributed by atoms with E-state index in [1.54, 1.807) is 60.7 Å². The highest BCUT2D eigenvalue weighted by Crippen LogP contribution is 2.26. The number of benzene rings is 2. The molecule has 0 saturated carbocycles. The van der Waals surface area contributed by atoms with Gasteiger partial charge >= 0.3 is 17.9 Å². The van der Waals surface area contributed by atoms with Crippen LogP contribution in [-0.2, 0) is 23.7 Å². The van der Waals surface area contributed by atoms with E-state index in [0.717, 1.165) is 0 Å². The number of carbonyl (C=O) groups is 3. The summed E-state index contributed by atoms with van der Waals surface area (Å²) in [6.07, 6.45) is -2.17. The molecule has 1 heterocycles. The molecule has 0 aliphatic carbocycles. The van der Waals surface area contributed by atoms with Gasteiger partial charge in [-0.3, -0.25) is 4.79 Å². The van der Waals surface area contributed by atoms with Crippen molar-refractivity contribution in [2.75, 3.05) is 6.61 Å². The van der Waals surface area contributed by atoms with Crippen LogP contribution in [0, 0.1) is 0 Å². The van der Waals surface area contributed by atoms with E-state index in [9.17, 15) is 14.4 Å². The van der Waals surface area contributed by atoms with Crippen LogP contribution in [0.3, 0.4) is 0 Å². The van der Waals surface area contributed by atoms with Gasteiger partial charge in [-0.15, -0.1) is 0 Å². The second-order valence-corrected chi connectivity index (χ2v) is 6.25. The Hall–Kier alpha value is -3.19. The minimum Gasteiger partial charge on any atom is -0.459 e. The Kier molecular flexibility index (Phi) is 6.39. The highest BCUT2D eigenvalue weighted by molar-refractivity contribution is 5.89. The van der Waals surface area contributed by atoms with Crippen molar-refractivity contribution in [2.45, 2.75) is 31.8 Å². The van der Waals surface area contributed by atoms with Gasteiger partial charge in [0.1, 0.15) is 6.61 Å². The average molecular weight is 384 g/mol. The standard InChI is InChI=1S/C21H20O7/c1-14(22)26-21-18(28-20(24)16-10-6-3-7-11-16)12-17(27-21)13-25-19(23)15-8-4-2-5-9-15/h2-11,17-18,21H,12-13H2,1H3/t17-,18+,21-/m0/s1. The number of ether oxygens (including phenoxy) is 4. The molecule has 3 rings (SSSR count). The molecule has 0 spiro atoms. The van der Waals surface area contributed by atoms with Crippen molar-refractivity contribution in [3.63, 3.8) is 0 Å². The Bertz CT molecular complexity index is 819. The molecule has 7 heteroatoms. The van der Waals surface area contributed by atoms with Gasteiger partial charge in [0.2, 0.25) is 6.29 Å². The first-order chi connectivity index (χ1) is 13.5. The molecule has 0 bridgehead atoms. The van der Waals surface area contributed by atoms with Gasteiger partial charge in [-0.1, -0.05) is 36.4 Å². The van der Waals surface area contributed by atoms with Crippen LogP contribution >= 0.6 is 0 Å².